The van der Waals surface area contributed by atoms with E-state index in [1.165, 1.54) is 6.26 Å². The molecule has 0 spiro atoms. The predicted octanol–water partition coefficient (Wildman–Crippen LogP) is 5.28. The van der Waals surface area contributed by atoms with Gasteiger partial charge in [0.15, 0.2) is 0 Å². The second-order valence-electron chi connectivity index (χ2n) is 9.15. The van der Waals surface area contributed by atoms with Gasteiger partial charge in [0.1, 0.15) is 0 Å². The van der Waals surface area contributed by atoms with E-state index in [0.717, 1.165) is 37.1 Å². The molecule has 0 aromatic heterocycles. The van der Waals surface area contributed by atoms with E-state index in [1.807, 2.05) is 19.1 Å². The lowest BCUT2D eigenvalue weighted by molar-refractivity contribution is -0.126. The highest BCUT2D eigenvalue weighted by Crippen LogP contribution is 2.34. The molecule has 2 aromatic rings. The van der Waals surface area contributed by atoms with Gasteiger partial charge in [0.05, 0.1) is 31.8 Å². The Morgan fingerprint density at radius 1 is 1.00 bits per heavy atom. The number of carbonyl (C=O) groups excluding carboxylic acids is 1. The predicted molar refractivity (Wildman–Crippen MR) is 144 cm³/mol. The summed E-state index contributed by atoms with van der Waals surface area (Å²) in [4.78, 5) is 15.8. The van der Waals surface area contributed by atoms with Crippen molar-refractivity contribution in [3.63, 3.8) is 0 Å². The second kappa shape index (κ2) is 12.0. The minimum atomic E-state index is -3.23. The number of sulfonamides is 1. The van der Waals surface area contributed by atoms with Gasteiger partial charge in [-0.2, -0.15) is 0 Å². The maximum absolute atomic E-state index is 13.5. The van der Waals surface area contributed by atoms with Crippen molar-refractivity contribution in [1.29, 1.82) is 0 Å². The Bertz CT molecular complexity index is 1170. The van der Waals surface area contributed by atoms with Crippen molar-refractivity contribution in [2.75, 3.05) is 25.9 Å². The van der Waals surface area contributed by atoms with E-state index in [1.54, 1.807) is 24.3 Å². The molecule has 192 valence electrons. The summed E-state index contributed by atoms with van der Waals surface area (Å²) in [5.41, 5.74) is 0.739. The Morgan fingerprint density at radius 3 is 2.17 bits per heavy atom. The quantitative estimate of drug-likeness (QED) is 0.423. The molecule has 3 rings (SSSR count). The lowest BCUT2D eigenvalue weighted by Crippen LogP contribution is -2.47. The largest absolute Gasteiger partial charge is 0.351 e. The SMILES string of the molecule is CC(CCN1CCC(NS(C)(=O)=O)CC1)(C(=O)NCc1ccc(Cl)c(Cl)c1)c1ccc(Cl)c(Cl)c1. The molecule has 1 heterocycles. The third kappa shape index (κ3) is 7.96. The number of rotatable bonds is 9. The summed E-state index contributed by atoms with van der Waals surface area (Å²) < 4.78 is 25.7. The Labute approximate surface area is 227 Å². The van der Waals surface area contributed by atoms with Crippen LogP contribution in [0.25, 0.3) is 0 Å². The third-order valence-electron chi connectivity index (χ3n) is 6.39. The molecule has 2 N–H and O–H groups in total. The molecule has 0 bridgehead atoms. The third-order valence-corrected chi connectivity index (χ3v) is 8.63. The van der Waals surface area contributed by atoms with Crippen molar-refractivity contribution in [1.82, 2.24) is 14.9 Å². The summed E-state index contributed by atoms with van der Waals surface area (Å²) in [6.45, 7) is 4.36. The van der Waals surface area contributed by atoms with Crippen LogP contribution in [-0.4, -0.2) is 51.2 Å². The van der Waals surface area contributed by atoms with Crippen LogP contribution in [0.15, 0.2) is 36.4 Å². The van der Waals surface area contributed by atoms with Gasteiger partial charge in [-0.15, -0.1) is 0 Å². The molecule has 1 amide bonds. The van der Waals surface area contributed by atoms with Gasteiger partial charge < -0.3 is 10.2 Å². The summed E-state index contributed by atoms with van der Waals surface area (Å²) in [6.07, 6.45) is 3.17. The van der Waals surface area contributed by atoms with Gasteiger partial charge in [-0.05, 0) is 81.2 Å². The minimum Gasteiger partial charge on any atom is -0.351 e. The van der Waals surface area contributed by atoms with Crippen LogP contribution in [0.3, 0.4) is 0 Å². The first-order valence-electron chi connectivity index (χ1n) is 11.2. The van der Waals surface area contributed by atoms with Crippen LogP contribution in [-0.2, 0) is 26.8 Å². The number of carbonyl (C=O) groups is 1. The zero-order valence-electron chi connectivity index (χ0n) is 19.6. The summed E-state index contributed by atoms with van der Waals surface area (Å²) in [5.74, 6) is -0.143. The Kier molecular flexibility index (Phi) is 9.77. The van der Waals surface area contributed by atoms with Gasteiger partial charge in [-0.3, -0.25) is 4.79 Å². The van der Waals surface area contributed by atoms with Crippen LogP contribution < -0.4 is 10.0 Å². The Balaban J connectivity index is 1.71. The minimum absolute atomic E-state index is 0.0581. The number of nitrogens with one attached hydrogen (secondary N) is 2. The zero-order valence-corrected chi connectivity index (χ0v) is 23.4. The summed E-state index contributed by atoms with van der Waals surface area (Å²) in [5, 5.41) is 4.73. The van der Waals surface area contributed by atoms with Crippen LogP contribution in [0.2, 0.25) is 20.1 Å². The number of hydrogen-bond acceptors (Lipinski definition) is 4. The van der Waals surface area contributed by atoms with Crippen molar-refractivity contribution in [3.05, 3.63) is 67.6 Å². The highest BCUT2D eigenvalue weighted by molar-refractivity contribution is 7.88. The van der Waals surface area contributed by atoms with Crippen LogP contribution >= 0.6 is 46.4 Å². The fraction of sp³-hybridized carbons (Fsp3) is 0.458. The van der Waals surface area contributed by atoms with Gasteiger partial charge in [0.2, 0.25) is 15.9 Å². The fourth-order valence-electron chi connectivity index (χ4n) is 4.21. The molecule has 0 radical (unpaired) electrons. The van der Waals surface area contributed by atoms with E-state index in [2.05, 4.69) is 14.9 Å². The van der Waals surface area contributed by atoms with Gasteiger partial charge in [-0.25, -0.2) is 13.1 Å². The lowest BCUT2D eigenvalue weighted by Gasteiger charge is -2.35. The van der Waals surface area contributed by atoms with Gasteiger partial charge >= 0.3 is 0 Å². The first-order valence-corrected chi connectivity index (χ1v) is 14.6. The zero-order chi connectivity index (χ0) is 25.8. The first-order chi connectivity index (χ1) is 16.4. The average Bonchev–Trinajstić information content (AvgIpc) is 2.79. The molecule has 0 saturated carbocycles. The second-order valence-corrected chi connectivity index (χ2v) is 12.6. The molecule has 1 aliphatic heterocycles. The van der Waals surface area contributed by atoms with E-state index in [9.17, 15) is 13.2 Å². The number of benzene rings is 2. The number of hydrogen-bond donors (Lipinski definition) is 2. The normalized spacial score (nSPS) is 17.2. The van der Waals surface area contributed by atoms with Crippen molar-refractivity contribution in [3.8, 4) is 0 Å². The fourth-order valence-corrected chi connectivity index (χ4v) is 5.67. The topological polar surface area (TPSA) is 78.5 Å². The maximum atomic E-state index is 13.5. The van der Waals surface area contributed by atoms with Crippen LogP contribution in [0.1, 0.15) is 37.3 Å². The van der Waals surface area contributed by atoms with Crippen molar-refractivity contribution < 1.29 is 13.2 Å². The molecule has 2 aromatic carbocycles. The molecule has 35 heavy (non-hydrogen) atoms. The molecule has 1 aliphatic rings. The van der Waals surface area contributed by atoms with Gasteiger partial charge in [-0.1, -0.05) is 58.5 Å². The lowest BCUT2D eigenvalue weighted by atomic mass is 9.78. The molecule has 1 saturated heterocycles. The van der Waals surface area contributed by atoms with E-state index in [4.69, 9.17) is 46.4 Å². The highest BCUT2D eigenvalue weighted by Gasteiger charge is 2.36. The molecule has 11 heteroatoms. The smallest absolute Gasteiger partial charge is 0.230 e. The molecular formula is C24H29Cl4N3O3S. The number of amides is 1. The maximum Gasteiger partial charge on any atom is 0.230 e. The molecule has 1 fully saturated rings. The van der Waals surface area contributed by atoms with Gasteiger partial charge in [0, 0.05) is 12.6 Å². The summed E-state index contributed by atoms with van der Waals surface area (Å²) in [6, 6.07) is 10.5. The van der Waals surface area contributed by atoms with Crippen LogP contribution in [0, 0.1) is 0 Å². The Hall–Kier alpha value is -1.06. The van der Waals surface area contributed by atoms with Crippen LogP contribution in [0.5, 0.6) is 0 Å². The Morgan fingerprint density at radius 2 is 1.60 bits per heavy atom. The van der Waals surface area contributed by atoms with Gasteiger partial charge in [0.25, 0.3) is 0 Å². The molecular weight excluding hydrogens is 552 g/mol. The first kappa shape index (κ1) is 28.5. The number of likely N-dealkylation sites (tertiary alicyclic amines) is 1. The number of halogens is 4. The summed E-state index contributed by atoms with van der Waals surface area (Å²) >= 11 is 24.5. The number of piperidine rings is 1. The molecule has 1 atom stereocenters. The van der Waals surface area contributed by atoms with Crippen molar-refractivity contribution >= 4 is 62.3 Å². The highest BCUT2D eigenvalue weighted by atomic mass is 35.5. The molecule has 0 aliphatic carbocycles. The van der Waals surface area contributed by atoms with E-state index >= 15 is 0 Å². The summed E-state index contributed by atoms with van der Waals surface area (Å²) in [7, 11) is -3.23. The van der Waals surface area contributed by atoms with Crippen molar-refractivity contribution in [2.24, 2.45) is 0 Å². The monoisotopic (exact) mass is 579 g/mol. The average molecular weight is 581 g/mol. The van der Waals surface area contributed by atoms with E-state index < -0.39 is 15.4 Å². The van der Waals surface area contributed by atoms with Crippen LogP contribution in [0.4, 0.5) is 0 Å². The molecule has 6 nitrogen and oxygen atoms in total. The van der Waals surface area contributed by atoms with E-state index in [0.29, 0.717) is 39.6 Å². The van der Waals surface area contributed by atoms with E-state index in [-0.39, 0.29) is 11.9 Å². The standard InChI is InChI=1S/C24H29Cl4N3O3S/c1-24(17-4-6-20(26)22(28)14-17,23(32)29-15-16-3-5-19(25)21(27)13-16)9-12-31-10-7-18(8-11-31)30-35(2,33)34/h3-6,13-14,18,30H,7-12,15H2,1-2H3,(H,29,32). The van der Waals surface area contributed by atoms with Crippen molar-refractivity contribution in [2.45, 2.75) is 44.2 Å². The molecule has 1 unspecified atom stereocenters. The number of nitrogens with zero attached hydrogens (tertiary/aromatic N) is 1.